The number of carbonyl (C=O) groups excluding carboxylic acids is 1. The first-order chi connectivity index (χ1) is 9.99. The maximum Gasteiger partial charge on any atom is 0.320 e. The Bertz CT molecular complexity index is 456. The van der Waals surface area contributed by atoms with Crippen LogP contribution in [0.15, 0.2) is 24.3 Å². The summed E-state index contributed by atoms with van der Waals surface area (Å²) in [5.41, 5.74) is 7.53. The van der Waals surface area contributed by atoms with Crippen molar-refractivity contribution in [1.29, 1.82) is 0 Å². The molecular weight excluding hydrogens is 270 g/mol. The lowest BCUT2D eigenvalue weighted by Crippen LogP contribution is -2.29. The Morgan fingerprint density at radius 3 is 2.48 bits per heavy atom. The van der Waals surface area contributed by atoms with E-state index in [2.05, 4.69) is 0 Å². The van der Waals surface area contributed by atoms with Gasteiger partial charge in [-0.05, 0) is 25.3 Å². The number of aryl methyl sites for hydroxylation is 1. The molecule has 0 fully saturated rings. The predicted octanol–water partition coefficient (Wildman–Crippen LogP) is 2.40. The Kier molecular flexibility index (Phi) is 7.46. The van der Waals surface area contributed by atoms with E-state index in [0.29, 0.717) is 32.3 Å². The highest BCUT2D eigenvalue weighted by atomic mass is 16.5. The van der Waals surface area contributed by atoms with Crippen LogP contribution in [-0.2, 0) is 20.9 Å². The Morgan fingerprint density at radius 1 is 1.19 bits per heavy atom. The molecule has 0 radical (unpaired) electrons. The topological polar surface area (TPSA) is 89.6 Å². The number of carboxylic acid groups (broad SMARTS) is 1. The van der Waals surface area contributed by atoms with Gasteiger partial charge in [-0.25, -0.2) is 0 Å². The number of carbonyl (C=O) groups is 2. The summed E-state index contributed by atoms with van der Waals surface area (Å²) in [4.78, 5) is 22.1. The molecule has 0 spiro atoms. The molecule has 0 saturated heterocycles. The van der Waals surface area contributed by atoms with E-state index in [4.69, 9.17) is 15.6 Å². The van der Waals surface area contributed by atoms with E-state index in [1.165, 1.54) is 5.56 Å². The van der Waals surface area contributed by atoms with Crippen LogP contribution in [0.3, 0.4) is 0 Å². The average Bonchev–Trinajstić information content (AvgIpc) is 2.46. The lowest BCUT2D eigenvalue weighted by molar-refractivity contribution is -0.145. The second kappa shape index (κ2) is 9.13. The standard InChI is InChI=1S/C16H23NO4/c1-12-7-9-13(10-8-12)11-21-15(18)6-4-2-3-5-14(17)16(19)20/h7-10,14H,2-6,11,17H2,1H3,(H,19,20)/t14-/m0/s1. The average molecular weight is 293 g/mol. The van der Waals surface area contributed by atoms with Crippen molar-refractivity contribution in [2.75, 3.05) is 0 Å². The van der Waals surface area contributed by atoms with Gasteiger partial charge in [-0.3, -0.25) is 9.59 Å². The van der Waals surface area contributed by atoms with Crippen LogP contribution in [0.4, 0.5) is 0 Å². The van der Waals surface area contributed by atoms with Crippen molar-refractivity contribution in [2.45, 2.75) is 51.7 Å². The SMILES string of the molecule is Cc1ccc(COC(=O)CCCCC[C@H](N)C(=O)O)cc1. The number of rotatable bonds is 9. The highest BCUT2D eigenvalue weighted by Crippen LogP contribution is 2.08. The molecule has 0 aliphatic rings. The van der Waals surface area contributed by atoms with Gasteiger partial charge < -0.3 is 15.6 Å². The number of hydrogen-bond acceptors (Lipinski definition) is 4. The Hall–Kier alpha value is -1.88. The second-order valence-electron chi connectivity index (χ2n) is 5.19. The molecule has 116 valence electrons. The fraction of sp³-hybridized carbons (Fsp3) is 0.500. The molecule has 1 rings (SSSR count). The predicted molar refractivity (Wildman–Crippen MR) is 79.7 cm³/mol. The van der Waals surface area contributed by atoms with E-state index in [-0.39, 0.29) is 5.97 Å². The van der Waals surface area contributed by atoms with Gasteiger partial charge in [-0.1, -0.05) is 42.7 Å². The largest absolute Gasteiger partial charge is 0.480 e. The zero-order chi connectivity index (χ0) is 15.7. The fourth-order valence-corrected chi connectivity index (χ4v) is 1.85. The van der Waals surface area contributed by atoms with Gasteiger partial charge in [0.05, 0.1) is 0 Å². The first kappa shape index (κ1) is 17.2. The van der Waals surface area contributed by atoms with Gasteiger partial charge in [0, 0.05) is 6.42 Å². The molecule has 1 aromatic rings. The van der Waals surface area contributed by atoms with E-state index in [0.717, 1.165) is 12.0 Å². The lowest BCUT2D eigenvalue weighted by Gasteiger charge is -2.07. The van der Waals surface area contributed by atoms with Gasteiger partial charge in [0.25, 0.3) is 0 Å². The molecule has 0 heterocycles. The second-order valence-corrected chi connectivity index (χ2v) is 5.19. The molecule has 0 unspecified atom stereocenters. The van der Waals surface area contributed by atoms with E-state index in [1.807, 2.05) is 31.2 Å². The maximum absolute atomic E-state index is 11.5. The minimum Gasteiger partial charge on any atom is -0.480 e. The third-order valence-electron chi connectivity index (χ3n) is 3.23. The molecule has 0 saturated carbocycles. The van der Waals surface area contributed by atoms with Crippen LogP contribution in [0, 0.1) is 6.92 Å². The minimum absolute atomic E-state index is 0.224. The van der Waals surface area contributed by atoms with Crippen LogP contribution in [0.25, 0.3) is 0 Å². The zero-order valence-electron chi connectivity index (χ0n) is 12.4. The summed E-state index contributed by atoms with van der Waals surface area (Å²) in [6, 6.07) is 7.04. The van der Waals surface area contributed by atoms with Crippen molar-refractivity contribution in [2.24, 2.45) is 5.73 Å². The third kappa shape index (κ3) is 7.46. The molecule has 5 nitrogen and oxygen atoms in total. The third-order valence-corrected chi connectivity index (χ3v) is 3.23. The van der Waals surface area contributed by atoms with Gasteiger partial charge in [0.15, 0.2) is 0 Å². The molecule has 0 aliphatic carbocycles. The number of benzene rings is 1. The molecule has 1 atom stereocenters. The van der Waals surface area contributed by atoms with Crippen LogP contribution in [0.5, 0.6) is 0 Å². The summed E-state index contributed by atoms with van der Waals surface area (Å²) in [6.07, 6.45) is 2.97. The fourth-order valence-electron chi connectivity index (χ4n) is 1.85. The lowest BCUT2D eigenvalue weighted by atomic mass is 10.1. The Labute approximate surface area is 125 Å². The number of carboxylic acids is 1. The van der Waals surface area contributed by atoms with Crippen molar-refractivity contribution >= 4 is 11.9 Å². The summed E-state index contributed by atoms with van der Waals surface area (Å²) >= 11 is 0. The molecule has 3 N–H and O–H groups in total. The van der Waals surface area contributed by atoms with Crippen LogP contribution < -0.4 is 5.73 Å². The van der Waals surface area contributed by atoms with Crippen LogP contribution >= 0.6 is 0 Å². The van der Waals surface area contributed by atoms with Crippen LogP contribution in [-0.4, -0.2) is 23.1 Å². The quantitative estimate of drug-likeness (QED) is 0.539. The van der Waals surface area contributed by atoms with Gasteiger partial charge in [-0.2, -0.15) is 0 Å². The first-order valence-corrected chi connectivity index (χ1v) is 7.18. The number of unbranched alkanes of at least 4 members (excludes halogenated alkanes) is 2. The van der Waals surface area contributed by atoms with Gasteiger partial charge in [0.1, 0.15) is 12.6 Å². The molecule has 0 aromatic heterocycles. The highest BCUT2D eigenvalue weighted by Gasteiger charge is 2.10. The number of hydrogen-bond donors (Lipinski definition) is 2. The summed E-state index contributed by atoms with van der Waals surface area (Å²) < 4.78 is 5.18. The molecule has 0 amide bonds. The monoisotopic (exact) mass is 293 g/mol. The first-order valence-electron chi connectivity index (χ1n) is 7.18. The minimum atomic E-state index is -0.979. The number of aliphatic carboxylic acids is 1. The van der Waals surface area contributed by atoms with E-state index in [1.54, 1.807) is 0 Å². The summed E-state index contributed by atoms with van der Waals surface area (Å²) in [6.45, 7) is 2.30. The van der Waals surface area contributed by atoms with Crippen molar-refractivity contribution < 1.29 is 19.4 Å². The van der Waals surface area contributed by atoms with Crippen LogP contribution in [0.1, 0.15) is 43.2 Å². The van der Waals surface area contributed by atoms with Crippen molar-refractivity contribution in [3.63, 3.8) is 0 Å². The van der Waals surface area contributed by atoms with Crippen molar-refractivity contribution in [3.05, 3.63) is 35.4 Å². The van der Waals surface area contributed by atoms with Crippen molar-refractivity contribution in [3.8, 4) is 0 Å². The number of nitrogens with two attached hydrogens (primary N) is 1. The van der Waals surface area contributed by atoms with Gasteiger partial charge in [0.2, 0.25) is 0 Å². The Balaban J connectivity index is 2.09. The molecule has 1 aromatic carbocycles. The van der Waals surface area contributed by atoms with Gasteiger partial charge in [-0.15, -0.1) is 0 Å². The maximum atomic E-state index is 11.5. The summed E-state index contributed by atoms with van der Waals surface area (Å²) in [7, 11) is 0. The van der Waals surface area contributed by atoms with E-state index in [9.17, 15) is 9.59 Å². The number of ether oxygens (including phenoxy) is 1. The Morgan fingerprint density at radius 2 is 1.86 bits per heavy atom. The smallest absolute Gasteiger partial charge is 0.320 e. The highest BCUT2D eigenvalue weighted by molar-refractivity contribution is 5.72. The molecule has 21 heavy (non-hydrogen) atoms. The molecule has 0 aliphatic heterocycles. The number of esters is 1. The molecule has 5 heteroatoms. The zero-order valence-corrected chi connectivity index (χ0v) is 12.4. The van der Waals surface area contributed by atoms with E-state index < -0.39 is 12.0 Å². The molecule has 0 bridgehead atoms. The normalized spacial score (nSPS) is 11.9. The van der Waals surface area contributed by atoms with Crippen LogP contribution in [0.2, 0.25) is 0 Å². The summed E-state index contributed by atoms with van der Waals surface area (Å²) in [5.74, 6) is -1.20. The van der Waals surface area contributed by atoms with Crippen molar-refractivity contribution in [1.82, 2.24) is 0 Å². The van der Waals surface area contributed by atoms with Gasteiger partial charge >= 0.3 is 11.9 Å². The van der Waals surface area contributed by atoms with E-state index >= 15 is 0 Å². The molecular formula is C16H23NO4. The summed E-state index contributed by atoms with van der Waals surface area (Å²) in [5, 5.41) is 8.62.